The monoisotopic (exact) mass is 1140 g/mol. The minimum atomic E-state index is -0.823. The van der Waals surface area contributed by atoms with Crippen LogP contribution in [0.5, 0.6) is 0 Å². The highest BCUT2D eigenvalue weighted by Gasteiger charge is 2.19. The van der Waals surface area contributed by atoms with E-state index in [1.165, 1.54) is 51.4 Å². The number of esters is 3. The van der Waals surface area contributed by atoms with E-state index in [9.17, 15) is 14.4 Å². The van der Waals surface area contributed by atoms with E-state index in [0.29, 0.717) is 19.3 Å². The number of ether oxygens (including phenoxy) is 3. The molecule has 0 aromatic carbocycles. The Kier molecular flexibility index (Phi) is 64.4. The molecular weight excluding hydrogens is 1020 g/mol. The van der Waals surface area contributed by atoms with Gasteiger partial charge in [0.25, 0.3) is 0 Å². The van der Waals surface area contributed by atoms with Crippen LogP contribution in [0.3, 0.4) is 0 Å². The number of hydrogen-bond acceptors (Lipinski definition) is 6. The van der Waals surface area contributed by atoms with Crippen LogP contribution in [0.4, 0.5) is 0 Å². The van der Waals surface area contributed by atoms with Gasteiger partial charge in [-0.15, -0.1) is 0 Å². The Morgan fingerprint density at radius 2 is 0.470 bits per heavy atom. The van der Waals surface area contributed by atoms with E-state index in [-0.39, 0.29) is 31.1 Å². The van der Waals surface area contributed by atoms with Crippen LogP contribution in [-0.2, 0) is 28.6 Å². The van der Waals surface area contributed by atoms with Crippen LogP contribution in [0, 0.1) is 0 Å². The van der Waals surface area contributed by atoms with Crippen LogP contribution in [0.2, 0.25) is 0 Å². The third kappa shape index (κ3) is 67.2. The molecule has 0 fully saturated rings. The topological polar surface area (TPSA) is 78.9 Å². The van der Waals surface area contributed by atoms with Crippen molar-refractivity contribution in [2.45, 2.75) is 271 Å². The summed E-state index contributed by atoms with van der Waals surface area (Å²) in [6.45, 7) is 6.33. The van der Waals surface area contributed by atoms with E-state index in [1.807, 2.05) is 0 Å². The lowest BCUT2D eigenvalue weighted by atomic mass is 10.1. The van der Waals surface area contributed by atoms with E-state index in [1.54, 1.807) is 0 Å². The Labute approximate surface area is 510 Å². The van der Waals surface area contributed by atoms with Gasteiger partial charge in [0.2, 0.25) is 0 Å². The number of rotatable bonds is 58. The fourth-order valence-corrected chi connectivity index (χ4v) is 8.46. The molecule has 1 unspecified atom stereocenters. The summed E-state index contributed by atoms with van der Waals surface area (Å²) < 4.78 is 16.9. The van der Waals surface area contributed by atoms with Gasteiger partial charge >= 0.3 is 17.9 Å². The molecule has 0 saturated carbocycles. The molecule has 0 heterocycles. The molecule has 0 rings (SSSR count). The van der Waals surface area contributed by atoms with Crippen LogP contribution < -0.4 is 0 Å². The first kappa shape index (κ1) is 77.5. The van der Waals surface area contributed by atoms with E-state index in [0.717, 1.165) is 173 Å². The van der Waals surface area contributed by atoms with Crippen molar-refractivity contribution in [2.75, 3.05) is 13.2 Å². The summed E-state index contributed by atoms with van der Waals surface area (Å²) in [6, 6.07) is 0. The highest BCUT2D eigenvalue weighted by Crippen LogP contribution is 2.13. The molecule has 83 heavy (non-hydrogen) atoms. The van der Waals surface area contributed by atoms with Crippen molar-refractivity contribution in [3.05, 3.63) is 182 Å². The molecule has 464 valence electrons. The molecule has 6 heteroatoms. The summed E-state index contributed by atoms with van der Waals surface area (Å²) >= 11 is 0. The first-order valence-corrected chi connectivity index (χ1v) is 33.3. The first-order chi connectivity index (χ1) is 41.0. The van der Waals surface area contributed by atoms with Crippen molar-refractivity contribution in [2.24, 2.45) is 0 Å². The van der Waals surface area contributed by atoms with Crippen molar-refractivity contribution in [3.63, 3.8) is 0 Å². The zero-order chi connectivity index (χ0) is 59.9. The number of carbonyl (C=O) groups excluding carboxylic acids is 3. The zero-order valence-electron chi connectivity index (χ0n) is 53.1. The van der Waals surface area contributed by atoms with Crippen molar-refractivity contribution in [1.82, 2.24) is 0 Å². The molecule has 1 atom stereocenters. The smallest absolute Gasteiger partial charge is 0.306 e. The fraction of sp³-hybridized carbons (Fsp3) is 0.571. The molecule has 0 spiro atoms. The second kappa shape index (κ2) is 69.0. The average Bonchev–Trinajstić information content (AvgIpc) is 3.49. The molecule has 0 amide bonds. The predicted octanol–water partition coefficient (Wildman–Crippen LogP) is 23.2. The Morgan fingerprint density at radius 1 is 0.253 bits per heavy atom. The second-order valence-electron chi connectivity index (χ2n) is 21.3. The molecule has 0 saturated heterocycles. The molecule has 0 aliphatic carbocycles. The van der Waals surface area contributed by atoms with Gasteiger partial charge in [-0.05, 0) is 161 Å². The molecule has 0 aromatic rings. The minimum absolute atomic E-state index is 0.118. The van der Waals surface area contributed by atoms with Crippen LogP contribution in [0.15, 0.2) is 182 Å². The quantitative estimate of drug-likeness (QED) is 0.0261. The van der Waals surface area contributed by atoms with Crippen LogP contribution in [0.1, 0.15) is 265 Å². The van der Waals surface area contributed by atoms with Crippen LogP contribution in [0.25, 0.3) is 0 Å². The Hall–Kier alpha value is -5.49. The fourth-order valence-electron chi connectivity index (χ4n) is 8.46. The van der Waals surface area contributed by atoms with Crippen molar-refractivity contribution in [1.29, 1.82) is 0 Å². The lowest BCUT2D eigenvalue weighted by Crippen LogP contribution is -2.30. The van der Waals surface area contributed by atoms with Crippen LogP contribution in [-0.4, -0.2) is 37.2 Å². The molecule has 0 radical (unpaired) electrons. The standard InChI is InChI=1S/C77H120O6/c1-4-7-10-13-16-19-22-25-27-29-31-33-34-35-36-37-38-39-40-41-42-44-45-47-49-52-55-58-61-64-67-70-76(79)82-73-74(72-81-75(78)69-66-63-60-57-54-51-24-21-18-15-12-9-6-3)83-77(80)71-68-65-62-59-56-53-50-48-46-43-32-30-28-26-23-20-17-14-11-8-5-2/h7,9-10,12,16,18-19,21,23,25-27,30-33,35-36,38-39,41-42,45-48,51-52,54-55,74H,4-6,8,11,13-15,17,20,22,24,28-29,34,37,40,43-44,49-50,53,56-73H2,1-3H3/b10-7-,12-9-,19-16-,21-18-,26-23-,27-25-,32-30-,33-31-,36-35-,39-38-,42-41-,47-45-,48-46-,54-51-,55-52-. The average molecular weight is 1140 g/mol. The predicted molar refractivity (Wildman–Crippen MR) is 361 cm³/mol. The second-order valence-corrected chi connectivity index (χ2v) is 21.3. The van der Waals surface area contributed by atoms with Gasteiger partial charge in [0, 0.05) is 19.3 Å². The molecule has 6 nitrogen and oxygen atoms in total. The van der Waals surface area contributed by atoms with Gasteiger partial charge in [-0.1, -0.05) is 267 Å². The number of allylic oxidation sites excluding steroid dienone is 30. The molecule has 0 aliphatic rings. The molecule has 0 bridgehead atoms. The van der Waals surface area contributed by atoms with E-state index < -0.39 is 6.10 Å². The van der Waals surface area contributed by atoms with Gasteiger partial charge in [0.1, 0.15) is 13.2 Å². The SMILES string of the molecule is CC/C=C\C/C=C\C/C=C\C/C=C\C/C=C\C/C=C\C/C=C\C/C=C\C/C=C\CCCCCC(=O)OCC(COC(=O)CCCCC/C=C\C/C=C\C/C=C\CC)OC(=O)CCCCCCCC/C=C\C/C=C\C/C=C\CCCCCCC. The van der Waals surface area contributed by atoms with Gasteiger partial charge in [0.15, 0.2) is 6.10 Å². The lowest BCUT2D eigenvalue weighted by molar-refractivity contribution is -0.167. The first-order valence-electron chi connectivity index (χ1n) is 33.3. The van der Waals surface area contributed by atoms with E-state index >= 15 is 0 Å². The highest BCUT2D eigenvalue weighted by molar-refractivity contribution is 5.71. The maximum Gasteiger partial charge on any atom is 0.306 e. The van der Waals surface area contributed by atoms with E-state index in [4.69, 9.17) is 14.2 Å². The molecule has 0 N–H and O–H groups in total. The van der Waals surface area contributed by atoms with Crippen molar-refractivity contribution in [3.8, 4) is 0 Å². The molecule has 0 aliphatic heterocycles. The maximum absolute atomic E-state index is 12.9. The third-order valence-corrected chi connectivity index (χ3v) is 13.4. The van der Waals surface area contributed by atoms with Gasteiger partial charge in [-0.3, -0.25) is 14.4 Å². The Morgan fingerprint density at radius 3 is 0.747 bits per heavy atom. The Balaban J connectivity index is 4.46. The van der Waals surface area contributed by atoms with Crippen molar-refractivity contribution < 1.29 is 28.6 Å². The summed E-state index contributed by atoms with van der Waals surface area (Å²) in [4.78, 5) is 38.3. The number of carbonyl (C=O) groups is 3. The minimum Gasteiger partial charge on any atom is -0.462 e. The number of hydrogen-bond donors (Lipinski definition) is 0. The van der Waals surface area contributed by atoms with Crippen molar-refractivity contribution >= 4 is 17.9 Å². The van der Waals surface area contributed by atoms with Gasteiger partial charge in [-0.25, -0.2) is 0 Å². The molecular formula is C77H120O6. The third-order valence-electron chi connectivity index (χ3n) is 13.4. The van der Waals surface area contributed by atoms with Gasteiger partial charge < -0.3 is 14.2 Å². The summed E-state index contributed by atoms with van der Waals surface area (Å²) in [6.07, 6.45) is 103. The normalized spacial score (nSPS) is 13.3. The maximum atomic E-state index is 12.9. The summed E-state index contributed by atoms with van der Waals surface area (Å²) in [5.74, 6) is -0.997. The largest absolute Gasteiger partial charge is 0.462 e. The van der Waals surface area contributed by atoms with E-state index in [2.05, 4.69) is 203 Å². The molecule has 0 aromatic heterocycles. The number of unbranched alkanes of at least 4 members (excludes halogenated alkanes) is 17. The van der Waals surface area contributed by atoms with Gasteiger partial charge in [0.05, 0.1) is 0 Å². The summed E-state index contributed by atoms with van der Waals surface area (Å²) in [7, 11) is 0. The van der Waals surface area contributed by atoms with Crippen LogP contribution >= 0.6 is 0 Å². The Bertz CT molecular complexity index is 1940. The highest BCUT2D eigenvalue weighted by atomic mass is 16.6. The summed E-state index contributed by atoms with van der Waals surface area (Å²) in [5.41, 5.74) is 0. The lowest BCUT2D eigenvalue weighted by Gasteiger charge is -2.18. The van der Waals surface area contributed by atoms with Gasteiger partial charge in [-0.2, -0.15) is 0 Å². The zero-order valence-corrected chi connectivity index (χ0v) is 53.1. The summed E-state index contributed by atoms with van der Waals surface area (Å²) in [5, 5.41) is 0.